The monoisotopic (exact) mass is 277 g/mol. The topological polar surface area (TPSA) is 66.4 Å². The standard InChI is InChI=1S/C16H23NO3/c1-3-13(6-9-15(18)19)10-11-17-16(20)14-7-4-12(2)5-8-14/h4-5,7-8,13H,3,6,9-11H2,1-2H3,(H,17,20)(H,18,19). The third-order valence-corrected chi connectivity index (χ3v) is 3.50. The fourth-order valence-electron chi connectivity index (χ4n) is 2.08. The van der Waals surface area contributed by atoms with Crippen LogP contribution >= 0.6 is 0 Å². The Labute approximate surface area is 120 Å². The van der Waals surface area contributed by atoms with Crippen LogP contribution in [0, 0.1) is 12.8 Å². The van der Waals surface area contributed by atoms with Gasteiger partial charge < -0.3 is 10.4 Å². The van der Waals surface area contributed by atoms with Crippen LogP contribution in [0.15, 0.2) is 24.3 Å². The summed E-state index contributed by atoms with van der Waals surface area (Å²) in [5.74, 6) is -0.477. The number of amides is 1. The summed E-state index contributed by atoms with van der Waals surface area (Å²) in [6.45, 7) is 4.62. The second kappa shape index (κ2) is 8.35. The molecule has 1 rings (SSSR count). The van der Waals surface area contributed by atoms with Crippen LogP contribution < -0.4 is 5.32 Å². The van der Waals surface area contributed by atoms with Gasteiger partial charge in [0.25, 0.3) is 5.91 Å². The summed E-state index contributed by atoms with van der Waals surface area (Å²) in [5.41, 5.74) is 1.79. The maximum absolute atomic E-state index is 11.9. The molecule has 0 saturated heterocycles. The molecule has 0 aliphatic heterocycles. The van der Waals surface area contributed by atoms with Crippen LogP contribution in [0.25, 0.3) is 0 Å². The average molecular weight is 277 g/mol. The van der Waals surface area contributed by atoms with Crippen LogP contribution in [0.2, 0.25) is 0 Å². The summed E-state index contributed by atoms with van der Waals surface area (Å²) in [6.07, 6.45) is 2.63. The number of rotatable bonds is 8. The molecule has 0 saturated carbocycles. The average Bonchev–Trinajstić information content (AvgIpc) is 2.42. The van der Waals surface area contributed by atoms with Crippen molar-refractivity contribution in [1.29, 1.82) is 0 Å². The second-order valence-electron chi connectivity index (χ2n) is 5.12. The van der Waals surface area contributed by atoms with Crippen molar-refractivity contribution >= 4 is 11.9 Å². The SMILES string of the molecule is CCC(CCNC(=O)c1ccc(C)cc1)CCC(=O)O. The first-order chi connectivity index (χ1) is 9.52. The van der Waals surface area contributed by atoms with Crippen molar-refractivity contribution in [2.45, 2.75) is 39.5 Å². The summed E-state index contributed by atoms with van der Waals surface area (Å²) >= 11 is 0. The Kier molecular flexibility index (Phi) is 6.77. The molecule has 0 bridgehead atoms. The number of benzene rings is 1. The van der Waals surface area contributed by atoms with Gasteiger partial charge in [-0.25, -0.2) is 0 Å². The smallest absolute Gasteiger partial charge is 0.303 e. The molecule has 0 aliphatic carbocycles. The predicted octanol–water partition coefficient (Wildman–Crippen LogP) is 3.01. The van der Waals surface area contributed by atoms with Gasteiger partial charge >= 0.3 is 5.97 Å². The number of carboxylic acid groups (broad SMARTS) is 1. The number of carbonyl (C=O) groups is 2. The van der Waals surface area contributed by atoms with Crippen LogP contribution in [0.3, 0.4) is 0 Å². The first-order valence-electron chi connectivity index (χ1n) is 7.09. The van der Waals surface area contributed by atoms with E-state index in [1.54, 1.807) is 0 Å². The zero-order chi connectivity index (χ0) is 15.0. The van der Waals surface area contributed by atoms with Crippen molar-refractivity contribution in [3.63, 3.8) is 0 Å². The zero-order valence-corrected chi connectivity index (χ0v) is 12.2. The second-order valence-corrected chi connectivity index (χ2v) is 5.12. The number of carboxylic acids is 1. The summed E-state index contributed by atoms with van der Waals surface area (Å²) in [4.78, 5) is 22.4. The van der Waals surface area contributed by atoms with Gasteiger partial charge in [-0.05, 0) is 37.8 Å². The third-order valence-electron chi connectivity index (χ3n) is 3.50. The molecule has 0 spiro atoms. The van der Waals surface area contributed by atoms with Crippen LogP contribution in [-0.2, 0) is 4.79 Å². The number of nitrogens with one attached hydrogen (secondary N) is 1. The Morgan fingerprint density at radius 3 is 2.40 bits per heavy atom. The fourth-order valence-corrected chi connectivity index (χ4v) is 2.08. The number of carbonyl (C=O) groups excluding carboxylic acids is 1. The molecule has 1 unspecified atom stereocenters. The predicted molar refractivity (Wildman–Crippen MR) is 78.8 cm³/mol. The van der Waals surface area contributed by atoms with E-state index in [1.807, 2.05) is 38.1 Å². The van der Waals surface area contributed by atoms with Crippen molar-refractivity contribution < 1.29 is 14.7 Å². The van der Waals surface area contributed by atoms with Crippen molar-refractivity contribution in [3.05, 3.63) is 35.4 Å². The van der Waals surface area contributed by atoms with Crippen LogP contribution in [0.4, 0.5) is 0 Å². The number of hydrogen-bond acceptors (Lipinski definition) is 2. The molecule has 1 aromatic rings. The Balaban J connectivity index is 2.33. The van der Waals surface area contributed by atoms with E-state index in [4.69, 9.17) is 5.11 Å². The van der Waals surface area contributed by atoms with E-state index in [-0.39, 0.29) is 12.3 Å². The van der Waals surface area contributed by atoms with Gasteiger partial charge in [-0.3, -0.25) is 9.59 Å². The Morgan fingerprint density at radius 1 is 1.20 bits per heavy atom. The van der Waals surface area contributed by atoms with Gasteiger partial charge in [0.1, 0.15) is 0 Å². The van der Waals surface area contributed by atoms with Crippen molar-refractivity contribution in [2.75, 3.05) is 6.54 Å². The summed E-state index contributed by atoms with van der Waals surface area (Å²) in [5, 5.41) is 11.6. The lowest BCUT2D eigenvalue weighted by molar-refractivity contribution is -0.137. The summed E-state index contributed by atoms with van der Waals surface area (Å²) < 4.78 is 0. The molecule has 0 heterocycles. The van der Waals surface area contributed by atoms with Crippen molar-refractivity contribution in [2.24, 2.45) is 5.92 Å². The Morgan fingerprint density at radius 2 is 1.85 bits per heavy atom. The molecule has 1 amide bonds. The van der Waals surface area contributed by atoms with Crippen LogP contribution in [-0.4, -0.2) is 23.5 Å². The van der Waals surface area contributed by atoms with E-state index in [9.17, 15) is 9.59 Å². The number of hydrogen-bond donors (Lipinski definition) is 2. The summed E-state index contributed by atoms with van der Waals surface area (Å²) in [6, 6.07) is 7.45. The highest BCUT2D eigenvalue weighted by Crippen LogP contribution is 2.14. The van der Waals surface area contributed by atoms with Gasteiger partial charge in [0.2, 0.25) is 0 Å². The minimum absolute atomic E-state index is 0.0712. The highest BCUT2D eigenvalue weighted by molar-refractivity contribution is 5.94. The Hall–Kier alpha value is -1.84. The Bertz CT molecular complexity index is 440. The van der Waals surface area contributed by atoms with Crippen LogP contribution in [0.5, 0.6) is 0 Å². The van der Waals surface area contributed by atoms with Crippen LogP contribution in [0.1, 0.15) is 48.5 Å². The molecule has 0 aromatic heterocycles. The quantitative estimate of drug-likeness (QED) is 0.767. The van der Waals surface area contributed by atoms with Gasteiger partial charge in [0.15, 0.2) is 0 Å². The fraction of sp³-hybridized carbons (Fsp3) is 0.500. The maximum Gasteiger partial charge on any atom is 0.303 e. The molecular weight excluding hydrogens is 254 g/mol. The molecule has 4 nitrogen and oxygen atoms in total. The molecule has 20 heavy (non-hydrogen) atoms. The minimum atomic E-state index is -0.757. The lowest BCUT2D eigenvalue weighted by Crippen LogP contribution is -2.26. The normalized spacial score (nSPS) is 11.9. The molecule has 1 atom stereocenters. The molecule has 2 N–H and O–H groups in total. The lowest BCUT2D eigenvalue weighted by atomic mass is 9.96. The molecule has 110 valence electrons. The van der Waals surface area contributed by atoms with E-state index in [0.29, 0.717) is 24.4 Å². The van der Waals surface area contributed by atoms with Gasteiger partial charge in [-0.2, -0.15) is 0 Å². The molecule has 4 heteroatoms. The largest absolute Gasteiger partial charge is 0.481 e. The molecule has 1 aromatic carbocycles. The van der Waals surface area contributed by atoms with Gasteiger partial charge in [-0.15, -0.1) is 0 Å². The van der Waals surface area contributed by atoms with Crippen molar-refractivity contribution in [3.8, 4) is 0 Å². The molecule has 0 fully saturated rings. The first kappa shape index (κ1) is 16.2. The van der Waals surface area contributed by atoms with E-state index >= 15 is 0 Å². The first-order valence-corrected chi connectivity index (χ1v) is 7.09. The maximum atomic E-state index is 11.9. The summed E-state index contributed by atoms with van der Waals surface area (Å²) in [7, 11) is 0. The molecule has 0 radical (unpaired) electrons. The number of aryl methyl sites for hydroxylation is 1. The van der Waals surface area contributed by atoms with E-state index < -0.39 is 5.97 Å². The zero-order valence-electron chi connectivity index (χ0n) is 12.2. The van der Waals surface area contributed by atoms with Crippen molar-refractivity contribution in [1.82, 2.24) is 5.32 Å². The third kappa shape index (κ3) is 5.87. The van der Waals surface area contributed by atoms with E-state index in [0.717, 1.165) is 18.4 Å². The van der Waals surface area contributed by atoms with Gasteiger partial charge in [0, 0.05) is 18.5 Å². The highest BCUT2D eigenvalue weighted by Gasteiger charge is 2.10. The van der Waals surface area contributed by atoms with Gasteiger partial charge in [0.05, 0.1) is 0 Å². The van der Waals surface area contributed by atoms with E-state index in [2.05, 4.69) is 5.32 Å². The number of aliphatic carboxylic acids is 1. The lowest BCUT2D eigenvalue weighted by Gasteiger charge is -2.14. The minimum Gasteiger partial charge on any atom is -0.481 e. The molecule has 0 aliphatic rings. The molecular formula is C16H23NO3. The van der Waals surface area contributed by atoms with Gasteiger partial charge in [-0.1, -0.05) is 31.0 Å². The highest BCUT2D eigenvalue weighted by atomic mass is 16.4. The van der Waals surface area contributed by atoms with E-state index in [1.165, 1.54) is 0 Å².